The highest BCUT2D eigenvalue weighted by molar-refractivity contribution is 6.15. The SMILES string of the molecule is CCCCCC(/C=C/C1CC(C(=O)OC)C(=O)C1(CC(=O)OC)C(=O)OC)OC1CCCCO1. The van der Waals surface area contributed by atoms with Gasteiger partial charge in [0.1, 0.15) is 11.3 Å². The number of rotatable bonds is 12. The molecule has 0 amide bonds. The Morgan fingerprint density at radius 1 is 1.12 bits per heavy atom. The molecule has 5 unspecified atom stereocenters. The summed E-state index contributed by atoms with van der Waals surface area (Å²) >= 11 is 0. The lowest BCUT2D eigenvalue weighted by Crippen LogP contribution is -2.45. The third-order valence-corrected chi connectivity index (χ3v) is 6.68. The first-order valence-electron chi connectivity index (χ1n) is 12.1. The fourth-order valence-electron chi connectivity index (χ4n) is 4.75. The molecule has 0 aromatic rings. The number of hydrogen-bond donors (Lipinski definition) is 0. The van der Waals surface area contributed by atoms with Gasteiger partial charge in [0.2, 0.25) is 0 Å². The maximum atomic E-state index is 13.4. The van der Waals surface area contributed by atoms with Gasteiger partial charge in [-0.25, -0.2) is 0 Å². The van der Waals surface area contributed by atoms with Crippen LogP contribution < -0.4 is 0 Å². The van der Waals surface area contributed by atoms with Gasteiger partial charge in [-0.05, 0) is 32.1 Å². The lowest BCUT2D eigenvalue weighted by Gasteiger charge is -2.29. The summed E-state index contributed by atoms with van der Waals surface area (Å²) in [4.78, 5) is 50.9. The molecular formula is C25H38O9. The van der Waals surface area contributed by atoms with Crippen molar-refractivity contribution in [1.29, 1.82) is 0 Å². The Morgan fingerprint density at radius 3 is 2.47 bits per heavy atom. The fourth-order valence-corrected chi connectivity index (χ4v) is 4.75. The maximum absolute atomic E-state index is 13.4. The highest BCUT2D eigenvalue weighted by atomic mass is 16.7. The lowest BCUT2D eigenvalue weighted by molar-refractivity contribution is -0.179. The maximum Gasteiger partial charge on any atom is 0.320 e. The molecular weight excluding hydrogens is 444 g/mol. The minimum Gasteiger partial charge on any atom is -0.469 e. The molecule has 0 radical (unpaired) electrons. The molecule has 9 heteroatoms. The van der Waals surface area contributed by atoms with Gasteiger partial charge in [0.25, 0.3) is 0 Å². The van der Waals surface area contributed by atoms with Crippen molar-refractivity contribution in [2.75, 3.05) is 27.9 Å². The lowest BCUT2D eigenvalue weighted by atomic mass is 9.73. The molecule has 1 saturated heterocycles. The largest absolute Gasteiger partial charge is 0.469 e. The van der Waals surface area contributed by atoms with Crippen LogP contribution in [0.15, 0.2) is 12.2 Å². The van der Waals surface area contributed by atoms with E-state index in [9.17, 15) is 19.2 Å². The molecule has 2 fully saturated rings. The number of carbonyl (C=O) groups is 4. The van der Waals surface area contributed by atoms with E-state index in [0.29, 0.717) is 6.61 Å². The van der Waals surface area contributed by atoms with Crippen LogP contribution in [0, 0.1) is 17.3 Å². The minimum absolute atomic E-state index is 0.0235. The van der Waals surface area contributed by atoms with Crippen molar-refractivity contribution in [3.8, 4) is 0 Å². The van der Waals surface area contributed by atoms with Gasteiger partial charge >= 0.3 is 17.9 Å². The van der Waals surface area contributed by atoms with E-state index >= 15 is 0 Å². The first-order valence-corrected chi connectivity index (χ1v) is 12.1. The predicted molar refractivity (Wildman–Crippen MR) is 121 cm³/mol. The second kappa shape index (κ2) is 13.6. The summed E-state index contributed by atoms with van der Waals surface area (Å²) in [6, 6.07) is 0. The van der Waals surface area contributed by atoms with Crippen LogP contribution in [0.25, 0.3) is 0 Å². The molecule has 0 N–H and O–H groups in total. The molecule has 0 aromatic heterocycles. The predicted octanol–water partition coefficient (Wildman–Crippen LogP) is 3.14. The second-order valence-electron chi connectivity index (χ2n) is 8.85. The van der Waals surface area contributed by atoms with Crippen LogP contribution in [0.4, 0.5) is 0 Å². The normalized spacial score (nSPS) is 28.0. The zero-order valence-electron chi connectivity index (χ0n) is 20.7. The summed E-state index contributed by atoms with van der Waals surface area (Å²) in [5, 5.41) is 0. The Morgan fingerprint density at radius 2 is 1.88 bits per heavy atom. The van der Waals surface area contributed by atoms with E-state index in [1.54, 1.807) is 6.08 Å². The molecule has 0 spiro atoms. The molecule has 192 valence electrons. The standard InChI is InChI=1S/C25H38O9/c1-5-6-7-10-18(34-21-11-8-9-14-33-21)13-12-17-15-19(23(28)31-3)22(27)25(17,24(29)32-4)16-20(26)30-2/h12-13,17-19,21H,5-11,14-16H2,1-4H3/b13-12+. The summed E-state index contributed by atoms with van der Waals surface area (Å²) in [6.45, 7) is 2.77. The van der Waals surface area contributed by atoms with E-state index in [0.717, 1.165) is 52.1 Å². The third-order valence-electron chi connectivity index (χ3n) is 6.68. The number of ketones is 1. The van der Waals surface area contributed by atoms with Gasteiger partial charge in [-0.15, -0.1) is 0 Å². The first-order chi connectivity index (χ1) is 16.3. The molecule has 2 rings (SSSR count). The van der Waals surface area contributed by atoms with Gasteiger partial charge in [-0.3, -0.25) is 19.2 Å². The molecule has 0 bridgehead atoms. The van der Waals surface area contributed by atoms with E-state index in [1.807, 2.05) is 6.08 Å². The van der Waals surface area contributed by atoms with Crippen LogP contribution in [0.1, 0.15) is 64.7 Å². The van der Waals surface area contributed by atoms with Crippen molar-refractivity contribution in [3.63, 3.8) is 0 Å². The Hall–Kier alpha value is -2.26. The summed E-state index contributed by atoms with van der Waals surface area (Å²) < 4.78 is 26.4. The summed E-state index contributed by atoms with van der Waals surface area (Å²) in [7, 11) is 3.51. The van der Waals surface area contributed by atoms with Crippen LogP contribution in [0.3, 0.4) is 0 Å². The van der Waals surface area contributed by atoms with E-state index in [1.165, 1.54) is 14.2 Å². The molecule has 34 heavy (non-hydrogen) atoms. The molecule has 1 aliphatic carbocycles. The number of methoxy groups -OCH3 is 3. The van der Waals surface area contributed by atoms with Crippen molar-refractivity contribution in [3.05, 3.63) is 12.2 Å². The van der Waals surface area contributed by atoms with Gasteiger partial charge in [-0.2, -0.15) is 0 Å². The average molecular weight is 483 g/mol. The van der Waals surface area contributed by atoms with E-state index < -0.39 is 47.4 Å². The quantitative estimate of drug-likeness (QED) is 0.136. The summed E-state index contributed by atoms with van der Waals surface area (Å²) in [6.07, 6.45) is 9.04. The summed E-state index contributed by atoms with van der Waals surface area (Å²) in [5.41, 5.74) is -1.87. The highest BCUT2D eigenvalue weighted by Crippen LogP contribution is 2.48. The van der Waals surface area contributed by atoms with Crippen LogP contribution in [-0.2, 0) is 42.9 Å². The average Bonchev–Trinajstić information content (AvgIpc) is 3.13. The Labute approximate surface area is 201 Å². The van der Waals surface area contributed by atoms with Crippen LogP contribution >= 0.6 is 0 Å². The minimum atomic E-state index is -1.87. The second-order valence-corrected chi connectivity index (χ2v) is 8.85. The Bertz CT molecular complexity index is 741. The first kappa shape index (κ1) is 28.0. The van der Waals surface area contributed by atoms with Crippen LogP contribution in [0.2, 0.25) is 0 Å². The van der Waals surface area contributed by atoms with E-state index in [4.69, 9.17) is 23.7 Å². The third kappa shape index (κ3) is 6.66. The van der Waals surface area contributed by atoms with Crippen molar-refractivity contribution in [2.24, 2.45) is 17.3 Å². The number of Topliss-reactive ketones (excluding diaryl/α,β-unsaturated/α-hetero) is 1. The molecule has 0 aromatic carbocycles. The number of unbranched alkanes of at least 4 members (excludes halogenated alkanes) is 2. The van der Waals surface area contributed by atoms with Gasteiger partial charge in [0, 0.05) is 12.5 Å². The van der Waals surface area contributed by atoms with Gasteiger partial charge in [0.05, 0.1) is 33.9 Å². The Kier molecular flexibility index (Phi) is 11.2. The van der Waals surface area contributed by atoms with Crippen LogP contribution in [-0.4, -0.2) is 64.0 Å². The van der Waals surface area contributed by atoms with E-state index in [2.05, 4.69) is 6.92 Å². The van der Waals surface area contributed by atoms with Crippen LogP contribution in [0.5, 0.6) is 0 Å². The van der Waals surface area contributed by atoms with Crippen molar-refractivity contribution >= 4 is 23.7 Å². The Balaban J connectivity index is 2.36. The smallest absolute Gasteiger partial charge is 0.320 e. The molecule has 2 aliphatic rings. The zero-order chi connectivity index (χ0) is 25.1. The summed E-state index contributed by atoms with van der Waals surface area (Å²) in [5.74, 6) is -4.99. The topological polar surface area (TPSA) is 114 Å². The number of allylic oxidation sites excluding steroid dienone is 1. The van der Waals surface area contributed by atoms with Gasteiger partial charge < -0.3 is 23.7 Å². The van der Waals surface area contributed by atoms with Crippen molar-refractivity contribution < 1.29 is 42.9 Å². The molecule has 5 atom stereocenters. The van der Waals surface area contributed by atoms with Crippen molar-refractivity contribution in [1.82, 2.24) is 0 Å². The molecule has 1 saturated carbocycles. The van der Waals surface area contributed by atoms with E-state index in [-0.39, 0.29) is 18.8 Å². The zero-order valence-corrected chi connectivity index (χ0v) is 20.7. The number of carbonyl (C=O) groups excluding carboxylic acids is 4. The van der Waals surface area contributed by atoms with Crippen molar-refractivity contribution in [2.45, 2.75) is 77.1 Å². The molecule has 1 aliphatic heterocycles. The highest BCUT2D eigenvalue weighted by Gasteiger charge is 2.62. The van der Waals surface area contributed by atoms with Gasteiger partial charge in [0.15, 0.2) is 12.1 Å². The number of esters is 3. The van der Waals surface area contributed by atoms with Gasteiger partial charge in [-0.1, -0.05) is 38.3 Å². The fraction of sp³-hybridized carbons (Fsp3) is 0.760. The monoisotopic (exact) mass is 482 g/mol. The number of hydrogen-bond acceptors (Lipinski definition) is 9. The number of ether oxygens (including phenoxy) is 5. The molecule has 1 heterocycles. The molecule has 9 nitrogen and oxygen atoms in total.